The Kier molecular flexibility index (Phi) is 9.00. The van der Waals surface area contributed by atoms with Crippen molar-refractivity contribution in [3.63, 3.8) is 0 Å². The van der Waals surface area contributed by atoms with E-state index in [9.17, 15) is 18.0 Å². The molecule has 0 aliphatic heterocycles. The van der Waals surface area contributed by atoms with Crippen LogP contribution in [-0.2, 0) is 26.2 Å². The van der Waals surface area contributed by atoms with E-state index in [-0.39, 0.29) is 33.1 Å². The van der Waals surface area contributed by atoms with Gasteiger partial charge in [0, 0.05) is 13.6 Å². The summed E-state index contributed by atoms with van der Waals surface area (Å²) >= 11 is 12.2. The summed E-state index contributed by atoms with van der Waals surface area (Å²) in [5, 5.41) is 2.95. The third kappa shape index (κ3) is 6.37. The van der Waals surface area contributed by atoms with Gasteiger partial charge >= 0.3 is 0 Å². The van der Waals surface area contributed by atoms with Gasteiger partial charge in [0.1, 0.15) is 12.6 Å². The van der Waals surface area contributed by atoms with Gasteiger partial charge in [0.2, 0.25) is 11.8 Å². The summed E-state index contributed by atoms with van der Waals surface area (Å²) in [5.74, 6) is -0.929. The lowest BCUT2D eigenvalue weighted by molar-refractivity contribution is -0.139. The zero-order chi connectivity index (χ0) is 26.5. The number of nitrogens with one attached hydrogen (secondary N) is 1. The Morgan fingerprint density at radius 2 is 1.64 bits per heavy atom. The van der Waals surface area contributed by atoms with Gasteiger partial charge in [-0.15, -0.1) is 0 Å². The summed E-state index contributed by atoms with van der Waals surface area (Å²) in [4.78, 5) is 27.6. The highest BCUT2D eigenvalue weighted by molar-refractivity contribution is 7.92. The molecule has 0 aliphatic rings. The van der Waals surface area contributed by atoms with Crippen LogP contribution < -0.4 is 9.62 Å². The van der Waals surface area contributed by atoms with Crippen LogP contribution in [0, 0.1) is 6.92 Å². The monoisotopic (exact) mass is 547 g/mol. The van der Waals surface area contributed by atoms with Crippen molar-refractivity contribution in [1.82, 2.24) is 10.2 Å². The molecule has 7 nitrogen and oxygen atoms in total. The molecule has 0 saturated carbocycles. The smallest absolute Gasteiger partial charge is 0.264 e. The van der Waals surface area contributed by atoms with E-state index < -0.39 is 28.5 Å². The van der Waals surface area contributed by atoms with Crippen LogP contribution >= 0.6 is 23.2 Å². The molecule has 0 heterocycles. The molecular weight excluding hydrogens is 521 g/mol. The van der Waals surface area contributed by atoms with Gasteiger partial charge in [0.05, 0.1) is 20.6 Å². The standard InChI is InChI=1S/C26H27Cl2N3O4S/c1-18-8-7-9-20(14-18)16-30(19(2)26(33)29-3)25(32)17-31(21-12-13-23(27)24(28)15-21)36(34,35)22-10-5-4-6-11-22/h4-15,19H,16-17H2,1-3H3,(H,29,33)/t19-/m0/s1. The Hall–Kier alpha value is -3.07. The number of likely N-dealkylation sites (N-methyl/N-ethyl adjacent to an activating group) is 1. The van der Waals surface area contributed by atoms with E-state index in [1.807, 2.05) is 31.2 Å². The van der Waals surface area contributed by atoms with Crippen molar-refractivity contribution in [2.45, 2.75) is 31.3 Å². The lowest BCUT2D eigenvalue weighted by Crippen LogP contribution is -2.50. The van der Waals surface area contributed by atoms with Crippen LogP contribution in [0.3, 0.4) is 0 Å². The number of amides is 2. The highest BCUT2D eigenvalue weighted by atomic mass is 35.5. The minimum atomic E-state index is -4.16. The zero-order valence-electron chi connectivity index (χ0n) is 20.1. The molecule has 0 aliphatic carbocycles. The molecule has 190 valence electrons. The summed E-state index contributed by atoms with van der Waals surface area (Å²) in [6.45, 7) is 3.09. The second-order valence-electron chi connectivity index (χ2n) is 8.22. The van der Waals surface area contributed by atoms with Gasteiger partial charge in [-0.3, -0.25) is 13.9 Å². The highest BCUT2D eigenvalue weighted by Crippen LogP contribution is 2.30. The van der Waals surface area contributed by atoms with Gasteiger partial charge in [-0.05, 0) is 49.7 Å². The molecular formula is C26H27Cl2N3O4S. The molecule has 0 aromatic heterocycles. The largest absolute Gasteiger partial charge is 0.357 e. The number of hydrogen-bond acceptors (Lipinski definition) is 4. The number of carbonyl (C=O) groups is 2. The van der Waals surface area contributed by atoms with Gasteiger partial charge in [-0.2, -0.15) is 0 Å². The molecule has 0 spiro atoms. The minimum absolute atomic E-state index is 0.00783. The molecule has 0 radical (unpaired) electrons. The number of sulfonamides is 1. The molecule has 3 aromatic carbocycles. The summed E-state index contributed by atoms with van der Waals surface area (Å²) < 4.78 is 28.3. The molecule has 2 amide bonds. The van der Waals surface area contributed by atoms with Crippen molar-refractivity contribution in [3.8, 4) is 0 Å². The van der Waals surface area contributed by atoms with E-state index in [1.165, 1.54) is 42.3 Å². The molecule has 0 bridgehead atoms. The maximum Gasteiger partial charge on any atom is 0.264 e. The van der Waals surface area contributed by atoms with Gasteiger partial charge in [-0.1, -0.05) is 71.2 Å². The predicted octanol–water partition coefficient (Wildman–Crippen LogP) is 4.66. The minimum Gasteiger partial charge on any atom is -0.357 e. The number of hydrogen-bond donors (Lipinski definition) is 1. The molecule has 0 unspecified atom stereocenters. The van der Waals surface area contributed by atoms with Crippen molar-refractivity contribution in [2.24, 2.45) is 0 Å². The average Bonchev–Trinajstić information content (AvgIpc) is 2.87. The summed E-state index contributed by atoms with van der Waals surface area (Å²) in [6, 6.07) is 18.8. The lowest BCUT2D eigenvalue weighted by Gasteiger charge is -2.32. The van der Waals surface area contributed by atoms with Gasteiger partial charge in [0.25, 0.3) is 10.0 Å². The fourth-order valence-electron chi connectivity index (χ4n) is 3.69. The number of halogens is 2. The average molecular weight is 548 g/mol. The third-order valence-electron chi connectivity index (χ3n) is 5.65. The molecule has 36 heavy (non-hydrogen) atoms. The second-order valence-corrected chi connectivity index (χ2v) is 10.9. The van der Waals surface area contributed by atoms with Crippen molar-refractivity contribution < 1.29 is 18.0 Å². The maximum atomic E-state index is 13.7. The summed E-state index contributed by atoms with van der Waals surface area (Å²) in [7, 11) is -2.68. The SMILES string of the molecule is CNC(=O)[C@H](C)N(Cc1cccc(C)c1)C(=O)CN(c1ccc(Cl)c(Cl)c1)S(=O)(=O)c1ccccc1. The number of rotatable bonds is 9. The molecule has 0 saturated heterocycles. The topological polar surface area (TPSA) is 86.8 Å². The molecule has 1 atom stereocenters. The Morgan fingerprint density at radius 3 is 2.25 bits per heavy atom. The van der Waals surface area contributed by atoms with Gasteiger partial charge in [0.15, 0.2) is 0 Å². The van der Waals surface area contributed by atoms with Crippen LogP contribution in [0.5, 0.6) is 0 Å². The van der Waals surface area contributed by atoms with E-state index in [1.54, 1.807) is 25.1 Å². The van der Waals surface area contributed by atoms with Crippen molar-refractivity contribution in [3.05, 3.63) is 94.0 Å². The molecule has 10 heteroatoms. The highest BCUT2D eigenvalue weighted by Gasteiger charge is 2.32. The third-order valence-corrected chi connectivity index (χ3v) is 8.18. The van der Waals surface area contributed by atoms with E-state index in [2.05, 4.69) is 5.32 Å². The van der Waals surface area contributed by atoms with Crippen LogP contribution in [-0.4, -0.2) is 44.8 Å². The number of benzene rings is 3. The fourth-order valence-corrected chi connectivity index (χ4v) is 5.41. The molecule has 3 rings (SSSR count). The van der Waals surface area contributed by atoms with Crippen LogP contribution in [0.1, 0.15) is 18.1 Å². The summed E-state index contributed by atoms with van der Waals surface area (Å²) in [5.41, 5.74) is 1.98. The Morgan fingerprint density at radius 1 is 0.944 bits per heavy atom. The predicted molar refractivity (Wildman–Crippen MR) is 143 cm³/mol. The number of nitrogens with zero attached hydrogens (tertiary/aromatic N) is 2. The van der Waals surface area contributed by atoms with Gasteiger partial charge in [-0.25, -0.2) is 8.42 Å². The van der Waals surface area contributed by atoms with Crippen molar-refractivity contribution >= 4 is 50.7 Å². The Balaban J connectivity index is 2.05. The zero-order valence-corrected chi connectivity index (χ0v) is 22.4. The van der Waals surface area contributed by atoms with E-state index >= 15 is 0 Å². The van der Waals surface area contributed by atoms with Crippen molar-refractivity contribution in [2.75, 3.05) is 17.9 Å². The summed E-state index contributed by atoms with van der Waals surface area (Å²) in [6.07, 6.45) is 0. The van der Waals surface area contributed by atoms with Crippen LogP contribution in [0.4, 0.5) is 5.69 Å². The Bertz CT molecular complexity index is 1350. The van der Waals surface area contributed by atoms with Crippen LogP contribution in [0.25, 0.3) is 0 Å². The first-order valence-electron chi connectivity index (χ1n) is 11.1. The number of carbonyl (C=O) groups excluding carboxylic acids is 2. The lowest BCUT2D eigenvalue weighted by atomic mass is 10.1. The normalized spacial score (nSPS) is 12.0. The number of anilines is 1. The van der Waals surface area contributed by atoms with E-state index in [4.69, 9.17) is 23.2 Å². The van der Waals surface area contributed by atoms with E-state index in [0.717, 1.165) is 15.4 Å². The number of aryl methyl sites for hydroxylation is 1. The fraction of sp³-hybridized carbons (Fsp3) is 0.231. The van der Waals surface area contributed by atoms with Gasteiger partial charge < -0.3 is 10.2 Å². The molecule has 1 N–H and O–H groups in total. The first-order valence-corrected chi connectivity index (χ1v) is 13.3. The van der Waals surface area contributed by atoms with E-state index in [0.29, 0.717) is 0 Å². The Labute approximate surface area is 221 Å². The molecule has 0 fully saturated rings. The van der Waals surface area contributed by atoms with Crippen LogP contribution in [0.15, 0.2) is 77.7 Å². The van der Waals surface area contributed by atoms with Crippen LogP contribution in [0.2, 0.25) is 10.0 Å². The quantitative estimate of drug-likeness (QED) is 0.422. The molecule has 3 aromatic rings. The first-order chi connectivity index (χ1) is 17.0. The first kappa shape index (κ1) is 27.5. The second kappa shape index (κ2) is 11.8. The maximum absolute atomic E-state index is 13.7. The van der Waals surface area contributed by atoms with Crippen molar-refractivity contribution in [1.29, 1.82) is 0 Å².